The molecule has 4 nitrogen and oxygen atoms in total. The Morgan fingerprint density at radius 2 is 2.10 bits per heavy atom. The molecule has 2 N–H and O–H groups in total. The number of nitrogens with zero attached hydrogens (tertiary/aromatic N) is 1. The molecule has 1 aromatic carbocycles. The molecule has 1 amide bonds. The first-order chi connectivity index (χ1) is 9.67. The Morgan fingerprint density at radius 3 is 2.70 bits per heavy atom. The molecule has 0 saturated carbocycles. The highest BCUT2D eigenvalue weighted by Crippen LogP contribution is 2.08. The zero-order chi connectivity index (χ0) is 14.4. The van der Waals surface area contributed by atoms with Crippen molar-refractivity contribution in [3.8, 4) is 6.07 Å². The molecule has 2 aromatic rings. The molecule has 1 atom stereocenters. The summed E-state index contributed by atoms with van der Waals surface area (Å²) in [6.07, 6.45) is 0. The molecule has 0 aliphatic rings. The van der Waals surface area contributed by atoms with Crippen molar-refractivity contribution in [3.05, 3.63) is 52.2 Å². The molecule has 5 heteroatoms. The molecule has 0 spiro atoms. The SMILES string of the molecule is C[NH+](CC(=O)Nc1ccc(C#N)cc1)Cc1cccs1. The van der Waals surface area contributed by atoms with Crippen LogP contribution < -0.4 is 10.2 Å². The minimum absolute atomic E-state index is 0.0243. The van der Waals surface area contributed by atoms with Crippen LogP contribution in [0.1, 0.15) is 10.4 Å². The van der Waals surface area contributed by atoms with Gasteiger partial charge in [0.25, 0.3) is 5.91 Å². The Kier molecular flexibility index (Phi) is 4.88. The van der Waals surface area contributed by atoms with Gasteiger partial charge in [-0.3, -0.25) is 4.79 Å². The molecule has 0 saturated heterocycles. The van der Waals surface area contributed by atoms with Crippen LogP contribution in [0.4, 0.5) is 5.69 Å². The maximum Gasteiger partial charge on any atom is 0.279 e. The van der Waals surface area contributed by atoms with Crippen molar-refractivity contribution >= 4 is 22.9 Å². The van der Waals surface area contributed by atoms with E-state index in [1.165, 1.54) is 4.88 Å². The van der Waals surface area contributed by atoms with Gasteiger partial charge < -0.3 is 10.2 Å². The lowest BCUT2D eigenvalue weighted by molar-refractivity contribution is -0.884. The number of anilines is 1. The van der Waals surface area contributed by atoms with Gasteiger partial charge in [0.05, 0.1) is 23.6 Å². The van der Waals surface area contributed by atoms with Crippen molar-refractivity contribution in [2.24, 2.45) is 0 Å². The average molecular weight is 286 g/mol. The fourth-order valence-corrected chi connectivity index (χ4v) is 2.70. The van der Waals surface area contributed by atoms with E-state index in [0.29, 0.717) is 12.1 Å². The Balaban J connectivity index is 1.83. The number of nitrogens with one attached hydrogen (secondary N) is 2. The first-order valence-corrected chi connectivity index (χ1v) is 7.19. The average Bonchev–Trinajstić information content (AvgIpc) is 2.92. The zero-order valence-corrected chi connectivity index (χ0v) is 12.0. The predicted octanol–water partition coefficient (Wildman–Crippen LogP) is 1.27. The molecular formula is C15H16N3OS+. The molecule has 0 bridgehead atoms. The summed E-state index contributed by atoms with van der Waals surface area (Å²) in [7, 11) is 2.00. The minimum atomic E-state index is -0.0243. The maximum atomic E-state index is 11.9. The maximum absolute atomic E-state index is 11.9. The van der Waals surface area contributed by atoms with Crippen molar-refractivity contribution in [3.63, 3.8) is 0 Å². The summed E-state index contributed by atoms with van der Waals surface area (Å²) in [5.74, 6) is -0.0243. The van der Waals surface area contributed by atoms with Gasteiger partial charge in [0.1, 0.15) is 6.54 Å². The lowest BCUT2D eigenvalue weighted by atomic mass is 10.2. The fraction of sp³-hybridized carbons (Fsp3) is 0.200. The third-order valence-corrected chi connectivity index (χ3v) is 3.69. The number of quaternary nitrogens is 1. The fourth-order valence-electron chi connectivity index (χ4n) is 1.88. The molecule has 0 fully saturated rings. The van der Waals surface area contributed by atoms with Crippen LogP contribution in [0.5, 0.6) is 0 Å². The molecule has 2 rings (SSSR count). The van der Waals surface area contributed by atoms with Gasteiger partial charge in [-0.1, -0.05) is 6.07 Å². The number of hydrogen-bond acceptors (Lipinski definition) is 3. The second kappa shape index (κ2) is 6.85. The van der Waals surface area contributed by atoms with E-state index in [1.807, 2.05) is 24.6 Å². The number of rotatable bonds is 5. The van der Waals surface area contributed by atoms with E-state index in [-0.39, 0.29) is 5.91 Å². The zero-order valence-electron chi connectivity index (χ0n) is 11.2. The van der Waals surface area contributed by atoms with Gasteiger partial charge in [-0.25, -0.2) is 0 Å². The van der Waals surface area contributed by atoms with E-state index in [9.17, 15) is 4.79 Å². The van der Waals surface area contributed by atoms with Gasteiger partial charge in [-0.15, -0.1) is 11.3 Å². The lowest BCUT2D eigenvalue weighted by Gasteiger charge is -2.12. The van der Waals surface area contributed by atoms with Gasteiger partial charge in [-0.2, -0.15) is 5.26 Å². The van der Waals surface area contributed by atoms with Gasteiger partial charge in [0, 0.05) is 5.69 Å². The summed E-state index contributed by atoms with van der Waals surface area (Å²) in [5.41, 5.74) is 1.31. The summed E-state index contributed by atoms with van der Waals surface area (Å²) in [5, 5.41) is 13.6. The molecular weight excluding hydrogens is 270 g/mol. The molecule has 20 heavy (non-hydrogen) atoms. The summed E-state index contributed by atoms with van der Waals surface area (Å²) in [4.78, 5) is 14.3. The summed E-state index contributed by atoms with van der Waals surface area (Å²) in [6, 6.07) is 13.0. The van der Waals surface area contributed by atoms with Crippen LogP contribution in [0.25, 0.3) is 0 Å². The van der Waals surface area contributed by atoms with E-state index in [4.69, 9.17) is 5.26 Å². The van der Waals surface area contributed by atoms with E-state index in [2.05, 4.69) is 11.4 Å². The Labute approximate surface area is 122 Å². The first-order valence-electron chi connectivity index (χ1n) is 6.31. The highest BCUT2D eigenvalue weighted by atomic mass is 32.1. The standard InChI is InChI=1S/C15H15N3OS/c1-18(10-14-3-2-8-20-14)11-15(19)17-13-6-4-12(9-16)5-7-13/h2-8H,10-11H2,1H3,(H,17,19)/p+1. The van der Waals surface area contributed by atoms with E-state index in [1.54, 1.807) is 35.6 Å². The van der Waals surface area contributed by atoms with Crippen LogP contribution in [-0.2, 0) is 11.3 Å². The lowest BCUT2D eigenvalue weighted by Crippen LogP contribution is -3.08. The topological polar surface area (TPSA) is 57.3 Å². The van der Waals surface area contributed by atoms with Crippen LogP contribution in [0.3, 0.4) is 0 Å². The van der Waals surface area contributed by atoms with Crippen LogP contribution in [0.2, 0.25) is 0 Å². The number of hydrogen-bond donors (Lipinski definition) is 2. The number of carbonyl (C=O) groups is 1. The number of benzene rings is 1. The monoisotopic (exact) mass is 286 g/mol. The van der Waals surface area contributed by atoms with Crippen molar-refractivity contribution in [1.29, 1.82) is 5.26 Å². The third kappa shape index (κ3) is 4.19. The van der Waals surface area contributed by atoms with Gasteiger partial charge in [0.15, 0.2) is 6.54 Å². The Bertz CT molecular complexity index is 599. The Hall–Kier alpha value is -2.16. The molecule has 1 aromatic heterocycles. The minimum Gasteiger partial charge on any atom is -0.325 e. The largest absolute Gasteiger partial charge is 0.325 e. The number of likely N-dealkylation sites (N-methyl/N-ethyl adjacent to an activating group) is 1. The number of carbonyl (C=O) groups excluding carboxylic acids is 1. The molecule has 1 heterocycles. The van der Waals surface area contributed by atoms with E-state index < -0.39 is 0 Å². The summed E-state index contributed by atoms with van der Waals surface area (Å²) < 4.78 is 0. The van der Waals surface area contributed by atoms with E-state index >= 15 is 0 Å². The Morgan fingerprint density at radius 1 is 1.35 bits per heavy atom. The highest BCUT2D eigenvalue weighted by Gasteiger charge is 2.11. The van der Waals surface area contributed by atoms with Crippen molar-refractivity contribution in [2.75, 3.05) is 18.9 Å². The first kappa shape index (κ1) is 14.3. The van der Waals surface area contributed by atoms with Crippen LogP contribution in [0.15, 0.2) is 41.8 Å². The second-order valence-electron chi connectivity index (χ2n) is 4.63. The predicted molar refractivity (Wildman–Crippen MR) is 79.6 cm³/mol. The van der Waals surface area contributed by atoms with Crippen LogP contribution in [-0.4, -0.2) is 19.5 Å². The summed E-state index contributed by atoms with van der Waals surface area (Å²) >= 11 is 1.70. The smallest absolute Gasteiger partial charge is 0.279 e. The van der Waals surface area contributed by atoms with E-state index in [0.717, 1.165) is 17.1 Å². The van der Waals surface area contributed by atoms with Crippen molar-refractivity contribution in [2.45, 2.75) is 6.54 Å². The summed E-state index contributed by atoms with van der Waals surface area (Å²) in [6.45, 7) is 1.26. The number of thiophene rings is 1. The molecule has 0 radical (unpaired) electrons. The van der Waals surface area contributed by atoms with Crippen LogP contribution >= 0.6 is 11.3 Å². The number of amides is 1. The quantitative estimate of drug-likeness (QED) is 0.870. The number of nitriles is 1. The highest BCUT2D eigenvalue weighted by molar-refractivity contribution is 7.09. The van der Waals surface area contributed by atoms with Gasteiger partial charge in [0.2, 0.25) is 0 Å². The molecule has 0 aliphatic carbocycles. The van der Waals surface area contributed by atoms with Gasteiger partial charge in [-0.05, 0) is 35.7 Å². The van der Waals surface area contributed by atoms with Crippen molar-refractivity contribution < 1.29 is 9.69 Å². The normalized spacial score (nSPS) is 11.6. The van der Waals surface area contributed by atoms with Gasteiger partial charge >= 0.3 is 0 Å². The van der Waals surface area contributed by atoms with Crippen LogP contribution in [0, 0.1) is 11.3 Å². The molecule has 1 unspecified atom stereocenters. The second-order valence-corrected chi connectivity index (χ2v) is 5.66. The molecule has 102 valence electrons. The van der Waals surface area contributed by atoms with Crippen molar-refractivity contribution in [1.82, 2.24) is 0 Å². The third-order valence-electron chi connectivity index (χ3n) is 2.82. The molecule has 0 aliphatic heterocycles.